The van der Waals surface area contributed by atoms with E-state index in [9.17, 15) is 20.1 Å². The molecular formula is C40H60N2O7. The highest BCUT2D eigenvalue weighted by atomic mass is 16.7. The Labute approximate surface area is 292 Å². The van der Waals surface area contributed by atoms with Crippen molar-refractivity contribution in [2.75, 3.05) is 19.7 Å². The van der Waals surface area contributed by atoms with Gasteiger partial charge in [-0.15, -0.1) is 0 Å². The van der Waals surface area contributed by atoms with Crippen molar-refractivity contribution in [3.8, 4) is 0 Å². The molecule has 1 aromatic heterocycles. The highest BCUT2D eigenvalue weighted by Gasteiger charge is 2.84. The molecule has 14 atom stereocenters. The van der Waals surface area contributed by atoms with Gasteiger partial charge in [0.25, 0.3) is 5.91 Å². The van der Waals surface area contributed by atoms with Crippen LogP contribution in [0.15, 0.2) is 24.5 Å². The van der Waals surface area contributed by atoms with Gasteiger partial charge >= 0.3 is 0 Å². The van der Waals surface area contributed by atoms with Crippen LogP contribution in [0.5, 0.6) is 0 Å². The number of aromatic nitrogens is 1. The normalized spacial score (nSPS) is 49.1. The smallest absolute Gasteiger partial charge is 0.254 e. The lowest BCUT2D eigenvalue weighted by Crippen LogP contribution is -2.60. The lowest BCUT2D eigenvalue weighted by molar-refractivity contribution is -0.245. The molecule has 1 aromatic rings. The second-order valence-electron chi connectivity index (χ2n) is 19.1. The topological polar surface area (TPSA) is 122 Å². The first-order valence-corrected chi connectivity index (χ1v) is 19.2. The number of morpholine rings is 1. The predicted octanol–water partition coefficient (Wildman–Crippen LogP) is 5.21. The third-order valence-corrected chi connectivity index (χ3v) is 16.4. The quantitative estimate of drug-likeness (QED) is 0.388. The van der Waals surface area contributed by atoms with Crippen molar-refractivity contribution in [1.82, 2.24) is 9.88 Å². The van der Waals surface area contributed by atoms with Crippen LogP contribution in [0.4, 0.5) is 0 Å². The van der Waals surface area contributed by atoms with Gasteiger partial charge < -0.3 is 34.4 Å². The monoisotopic (exact) mass is 680 g/mol. The van der Waals surface area contributed by atoms with Gasteiger partial charge in [-0.3, -0.25) is 9.78 Å². The highest BCUT2D eigenvalue weighted by Crippen LogP contribution is 2.89. The minimum absolute atomic E-state index is 0.00475. The number of fused-ring (bicyclic) bond motifs is 4. The summed E-state index contributed by atoms with van der Waals surface area (Å²) in [6.07, 6.45) is 9.09. The number of hydrogen-bond acceptors (Lipinski definition) is 8. The zero-order valence-electron chi connectivity index (χ0n) is 30.7. The molecule has 0 aromatic carbocycles. The van der Waals surface area contributed by atoms with Crippen molar-refractivity contribution >= 4 is 5.91 Å². The van der Waals surface area contributed by atoms with E-state index in [4.69, 9.17) is 14.2 Å². The molecular weight excluding hydrogens is 620 g/mol. The Morgan fingerprint density at radius 2 is 1.76 bits per heavy atom. The van der Waals surface area contributed by atoms with E-state index in [1.54, 1.807) is 38.4 Å². The lowest BCUT2D eigenvalue weighted by Gasteiger charge is -2.64. The van der Waals surface area contributed by atoms with E-state index in [1.165, 1.54) is 12.8 Å². The maximum Gasteiger partial charge on any atom is 0.254 e. The fourth-order valence-electron chi connectivity index (χ4n) is 14.0. The molecule has 0 bridgehead atoms. The number of pyridine rings is 1. The Kier molecular flexibility index (Phi) is 7.87. The Bertz CT molecular complexity index is 1450. The number of carbonyl (C=O) groups excluding carboxylic acids is 1. The van der Waals surface area contributed by atoms with Crippen LogP contribution in [0.3, 0.4) is 0 Å². The number of aliphatic hydroxyl groups is 3. The van der Waals surface area contributed by atoms with Gasteiger partial charge in [-0.2, -0.15) is 0 Å². The number of carbonyl (C=O) groups is 1. The number of rotatable bonds is 5. The summed E-state index contributed by atoms with van der Waals surface area (Å²) in [4.78, 5) is 19.1. The van der Waals surface area contributed by atoms with E-state index < -0.39 is 30.2 Å². The summed E-state index contributed by atoms with van der Waals surface area (Å²) in [6.45, 7) is 16.7. The van der Waals surface area contributed by atoms with Crippen LogP contribution in [0.2, 0.25) is 0 Å². The van der Waals surface area contributed by atoms with E-state index in [0.29, 0.717) is 43.5 Å². The summed E-state index contributed by atoms with van der Waals surface area (Å²) in [5, 5.41) is 34.2. The van der Waals surface area contributed by atoms with E-state index >= 15 is 0 Å². The summed E-state index contributed by atoms with van der Waals surface area (Å²) in [5.74, 6) is 1.46. The number of aliphatic hydroxyl groups excluding tert-OH is 2. The van der Waals surface area contributed by atoms with E-state index in [-0.39, 0.29) is 57.0 Å². The van der Waals surface area contributed by atoms with Gasteiger partial charge in [0.05, 0.1) is 43.2 Å². The van der Waals surface area contributed by atoms with Gasteiger partial charge in [0.15, 0.2) is 6.29 Å². The Hall–Kier alpha value is -1.62. The number of ether oxygens (including phenoxy) is 3. The zero-order chi connectivity index (χ0) is 34.9. The molecule has 5 saturated carbocycles. The average Bonchev–Trinajstić information content (AvgIpc) is 3.70. The van der Waals surface area contributed by atoms with Crippen LogP contribution in [0.1, 0.15) is 110 Å². The third kappa shape index (κ3) is 4.64. The summed E-state index contributed by atoms with van der Waals surface area (Å²) < 4.78 is 19.7. The first kappa shape index (κ1) is 34.5. The first-order valence-electron chi connectivity index (χ1n) is 19.2. The molecule has 7 fully saturated rings. The maximum absolute atomic E-state index is 13.2. The zero-order valence-corrected chi connectivity index (χ0v) is 30.7. The second kappa shape index (κ2) is 11.2. The fourth-order valence-corrected chi connectivity index (χ4v) is 14.0. The Morgan fingerprint density at radius 1 is 1.06 bits per heavy atom. The molecule has 7 aliphatic rings. The molecule has 6 unspecified atom stereocenters. The van der Waals surface area contributed by atoms with Crippen LogP contribution in [0.25, 0.3) is 0 Å². The van der Waals surface area contributed by atoms with Crippen LogP contribution in [-0.4, -0.2) is 93.2 Å². The lowest BCUT2D eigenvalue weighted by atomic mass is 9.41. The molecule has 0 radical (unpaired) electrons. The molecule has 272 valence electrons. The van der Waals surface area contributed by atoms with Crippen molar-refractivity contribution in [3.05, 3.63) is 30.1 Å². The molecule has 3 heterocycles. The molecule has 5 aliphatic carbocycles. The molecule has 2 saturated heterocycles. The van der Waals surface area contributed by atoms with E-state index in [1.807, 2.05) is 4.90 Å². The molecule has 8 rings (SSSR count). The summed E-state index contributed by atoms with van der Waals surface area (Å²) in [6, 6.07) is 3.52. The van der Waals surface area contributed by atoms with E-state index in [0.717, 1.165) is 32.1 Å². The minimum Gasteiger partial charge on any atom is -0.390 e. The second-order valence-corrected chi connectivity index (χ2v) is 19.1. The van der Waals surface area contributed by atoms with Crippen molar-refractivity contribution in [1.29, 1.82) is 0 Å². The summed E-state index contributed by atoms with van der Waals surface area (Å²) in [7, 11) is 0. The van der Waals surface area contributed by atoms with Crippen molar-refractivity contribution in [2.45, 2.75) is 142 Å². The average molecular weight is 681 g/mol. The standard InChI is InChI=1S/C40H60N2O7/c1-23-20-25(32(43)36(4,5)46)48-31-30(23)37(6)14-15-40-22-39(40)13-10-28(35(2,3)26(39)8-9-27(40)38(37,7)33(31)44)49-29-21-42(18-19-47-29)34(45)24-11-16-41-17-12-24/h11-12,16-17,23,25-33,43-44,46H,8-10,13-15,18-22H2,1-7H3/t23-,25?,26+,27+,28+,29?,30?,31?,32+,33+,37-,38?,39-,40?/m1/s1. The van der Waals surface area contributed by atoms with Gasteiger partial charge in [-0.1, -0.05) is 34.6 Å². The largest absolute Gasteiger partial charge is 0.390 e. The van der Waals surface area contributed by atoms with E-state index in [2.05, 4.69) is 39.6 Å². The number of amides is 1. The van der Waals surface area contributed by atoms with Crippen LogP contribution >= 0.6 is 0 Å². The molecule has 3 N–H and O–H groups in total. The maximum atomic E-state index is 13.2. The van der Waals surface area contributed by atoms with Gasteiger partial charge in [0.2, 0.25) is 0 Å². The van der Waals surface area contributed by atoms with Crippen molar-refractivity contribution in [3.63, 3.8) is 0 Å². The summed E-state index contributed by atoms with van der Waals surface area (Å²) >= 11 is 0. The molecule has 2 aliphatic heterocycles. The SMILES string of the molecule is C[C@@H]1CC([C@H](O)C(C)(C)O)OC2C1[C@@]1(C)CCC34C[C@@]35CC[C@H](OC3CN(C(=O)c6ccncc6)CCO3)C(C)(C)[C@@H]5CC[C@H]4C1(C)[C@H]2O. The molecule has 49 heavy (non-hydrogen) atoms. The predicted molar refractivity (Wildman–Crippen MR) is 183 cm³/mol. The Morgan fingerprint density at radius 3 is 2.47 bits per heavy atom. The minimum atomic E-state index is -1.26. The van der Waals surface area contributed by atoms with Crippen LogP contribution < -0.4 is 0 Å². The van der Waals surface area contributed by atoms with Gasteiger partial charge in [-0.05, 0) is 123 Å². The van der Waals surface area contributed by atoms with Crippen molar-refractivity contribution in [2.24, 2.45) is 50.7 Å². The van der Waals surface area contributed by atoms with Gasteiger partial charge in [0, 0.05) is 29.9 Å². The molecule has 9 nitrogen and oxygen atoms in total. The third-order valence-electron chi connectivity index (χ3n) is 16.4. The fraction of sp³-hybridized carbons (Fsp3) is 0.850. The van der Waals surface area contributed by atoms with Gasteiger partial charge in [0.1, 0.15) is 6.10 Å². The Balaban J connectivity index is 1.00. The molecule has 2 spiro atoms. The van der Waals surface area contributed by atoms with Crippen LogP contribution in [-0.2, 0) is 14.2 Å². The van der Waals surface area contributed by atoms with Gasteiger partial charge in [-0.25, -0.2) is 0 Å². The van der Waals surface area contributed by atoms with Crippen molar-refractivity contribution < 1.29 is 34.3 Å². The highest BCUT2D eigenvalue weighted by molar-refractivity contribution is 5.94. The van der Waals surface area contributed by atoms with Crippen LogP contribution in [0, 0.1) is 50.7 Å². The number of nitrogens with zero attached hydrogens (tertiary/aromatic N) is 2. The number of hydrogen-bond donors (Lipinski definition) is 3. The molecule has 9 heteroatoms. The molecule has 1 amide bonds. The first-order chi connectivity index (χ1) is 23.0. The summed E-state index contributed by atoms with van der Waals surface area (Å²) in [5.41, 5.74) is -0.513.